The SMILES string of the molecule is O=C(c1ccccc1Cn1cccn1)N1CCC[C@@H](c2nccnc2Oc2ccc(F)cc2)C1. The summed E-state index contributed by atoms with van der Waals surface area (Å²) in [5, 5.41) is 4.27. The third kappa shape index (κ3) is 4.80. The van der Waals surface area contributed by atoms with Crippen molar-refractivity contribution in [3.63, 3.8) is 0 Å². The molecule has 1 fully saturated rings. The molecule has 2 aromatic carbocycles. The summed E-state index contributed by atoms with van der Waals surface area (Å²) < 4.78 is 21.0. The molecule has 34 heavy (non-hydrogen) atoms. The van der Waals surface area contributed by atoms with Crippen molar-refractivity contribution in [2.24, 2.45) is 0 Å². The maximum atomic E-state index is 13.5. The van der Waals surface area contributed by atoms with Gasteiger partial charge >= 0.3 is 0 Å². The van der Waals surface area contributed by atoms with Gasteiger partial charge in [-0.3, -0.25) is 14.5 Å². The van der Waals surface area contributed by atoms with Gasteiger partial charge in [0.1, 0.15) is 17.3 Å². The molecule has 5 rings (SSSR count). The zero-order valence-corrected chi connectivity index (χ0v) is 18.5. The average molecular weight is 458 g/mol. The lowest BCUT2D eigenvalue weighted by Gasteiger charge is -2.33. The number of ether oxygens (including phenoxy) is 1. The fourth-order valence-electron chi connectivity index (χ4n) is 4.30. The van der Waals surface area contributed by atoms with Crippen molar-refractivity contribution < 1.29 is 13.9 Å². The van der Waals surface area contributed by atoms with Crippen LogP contribution in [0, 0.1) is 5.82 Å². The van der Waals surface area contributed by atoms with Crippen LogP contribution < -0.4 is 4.74 Å². The van der Waals surface area contributed by atoms with Gasteiger partial charge in [-0.25, -0.2) is 9.37 Å². The highest BCUT2D eigenvalue weighted by Crippen LogP contribution is 2.33. The number of nitrogens with zero attached hydrogens (tertiary/aromatic N) is 5. The number of hydrogen-bond acceptors (Lipinski definition) is 5. The Kier molecular flexibility index (Phi) is 6.29. The molecule has 1 atom stereocenters. The summed E-state index contributed by atoms with van der Waals surface area (Å²) in [7, 11) is 0. The Morgan fingerprint density at radius 3 is 2.68 bits per heavy atom. The molecule has 0 aliphatic carbocycles. The zero-order valence-electron chi connectivity index (χ0n) is 18.5. The van der Waals surface area contributed by atoms with E-state index >= 15 is 0 Å². The molecule has 1 amide bonds. The molecule has 0 unspecified atom stereocenters. The Balaban J connectivity index is 1.35. The van der Waals surface area contributed by atoms with Crippen molar-refractivity contribution in [1.82, 2.24) is 24.6 Å². The van der Waals surface area contributed by atoms with Gasteiger partial charge in [0.15, 0.2) is 0 Å². The molecule has 7 nitrogen and oxygen atoms in total. The number of hydrogen-bond donors (Lipinski definition) is 0. The largest absolute Gasteiger partial charge is 0.437 e. The van der Waals surface area contributed by atoms with E-state index in [1.165, 1.54) is 12.1 Å². The highest BCUT2D eigenvalue weighted by Gasteiger charge is 2.29. The van der Waals surface area contributed by atoms with Crippen LogP contribution in [0.15, 0.2) is 79.4 Å². The van der Waals surface area contributed by atoms with Crippen LogP contribution in [0.3, 0.4) is 0 Å². The second-order valence-corrected chi connectivity index (χ2v) is 8.25. The summed E-state index contributed by atoms with van der Waals surface area (Å²) in [6, 6.07) is 15.3. The number of halogens is 1. The topological polar surface area (TPSA) is 73.1 Å². The smallest absolute Gasteiger partial charge is 0.254 e. The zero-order chi connectivity index (χ0) is 23.3. The highest BCUT2D eigenvalue weighted by atomic mass is 19.1. The lowest BCUT2D eigenvalue weighted by atomic mass is 9.93. The van der Waals surface area contributed by atoms with E-state index < -0.39 is 0 Å². The molecule has 1 aliphatic rings. The third-order valence-electron chi connectivity index (χ3n) is 5.95. The molecule has 0 spiro atoms. The van der Waals surface area contributed by atoms with Gasteiger partial charge in [-0.15, -0.1) is 0 Å². The molecular formula is C26H24FN5O2. The van der Waals surface area contributed by atoms with E-state index in [4.69, 9.17) is 4.74 Å². The third-order valence-corrected chi connectivity index (χ3v) is 5.95. The maximum absolute atomic E-state index is 13.5. The number of piperidine rings is 1. The standard InChI is InChI=1S/C26H24FN5O2/c27-21-8-10-22(11-9-21)34-25-24(28-13-14-29-25)20-6-3-15-31(17-20)26(33)23-7-2-1-5-19(23)18-32-16-4-12-30-32/h1-2,4-5,7-14,16,20H,3,6,15,17-18H2/t20-/m1/s1. The minimum absolute atomic E-state index is 0.00245. The van der Waals surface area contributed by atoms with E-state index in [1.54, 1.807) is 30.7 Å². The highest BCUT2D eigenvalue weighted by molar-refractivity contribution is 5.95. The Bertz CT molecular complexity index is 1260. The van der Waals surface area contributed by atoms with Crippen molar-refractivity contribution in [2.75, 3.05) is 13.1 Å². The van der Waals surface area contributed by atoms with Crippen LogP contribution in [0.1, 0.15) is 40.4 Å². The van der Waals surface area contributed by atoms with Gasteiger partial charge in [-0.05, 0) is 54.8 Å². The van der Waals surface area contributed by atoms with Crippen molar-refractivity contribution in [1.29, 1.82) is 0 Å². The Morgan fingerprint density at radius 2 is 1.85 bits per heavy atom. The molecule has 172 valence electrons. The number of amides is 1. The maximum Gasteiger partial charge on any atom is 0.254 e. The van der Waals surface area contributed by atoms with Gasteiger partial charge < -0.3 is 9.64 Å². The van der Waals surface area contributed by atoms with Crippen LogP contribution in [0.4, 0.5) is 4.39 Å². The Hall–Kier alpha value is -4.07. The summed E-state index contributed by atoms with van der Waals surface area (Å²) in [5.41, 5.74) is 2.31. The molecule has 8 heteroatoms. The second kappa shape index (κ2) is 9.82. The van der Waals surface area contributed by atoms with E-state index in [2.05, 4.69) is 15.1 Å². The number of carbonyl (C=O) groups is 1. The monoisotopic (exact) mass is 457 g/mol. The van der Waals surface area contributed by atoms with Gasteiger partial charge in [-0.1, -0.05) is 18.2 Å². The summed E-state index contributed by atoms with van der Waals surface area (Å²) in [4.78, 5) is 24.3. The predicted octanol–water partition coefficient (Wildman–Crippen LogP) is 4.67. The van der Waals surface area contributed by atoms with Gasteiger partial charge in [0, 0.05) is 49.4 Å². The molecule has 1 saturated heterocycles. The van der Waals surface area contributed by atoms with Gasteiger partial charge in [-0.2, -0.15) is 5.10 Å². The normalized spacial score (nSPS) is 15.8. The first-order valence-corrected chi connectivity index (χ1v) is 11.3. The van der Waals surface area contributed by atoms with Crippen LogP contribution in [0.5, 0.6) is 11.6 Å². The first kappa shape index (κ1) is 21.8. The second-order valence-electron chi connectivity index (χ2n) is 8.25. The Morgan fingerprint density at radius 1 is 1.03 bits per heavy atom. The molecule has 3 heterocycles. The molecular weight excluding hydrogens is 433 g/mol. The van der Waals surface area contributed by atoms with Crippen LogP contribution >= 0.6 is 0 Å². The lowest BCUT2D eigenvalue weighted by molar-refractivity contribution is 0.0703. The van der Waals surface area contributed by atoms with E-state index in [9.17, 15) is 9.18 Å². The van der Waals surface area contributed by atoms with Crippen LogP contribution in [0.25, 0.3) is 0 Å². The van der Waals surface area contributed by atoms with E-state index in [0.717, 1.165) is 18.4 Å². The number of rotatable bonds is 6. The minimum Gasteiger partial charge on any atom is -0.437 e. The van der Waals surface area contributed by atoms with Crippen molar-refractivity contribution >= 4 is 5.91 Å². The summed E-state index contributed by atoms with van der Waals surface area (Å²) >= 11 is 0. The summed E-state index contributed by atoms with van der Waals surface area (Å²) in [6.07, 6.45) is 8.54. The predicted molar refractivity (Wildman–Crippen MR) is 124 cm³/mol. The number of likely N-dealkylation sites (tertiary alicyclic amines) is 1. The van der Waals surface area contributed by atoms with E-state index in [-0.39, 0.29) is 17.6 Å². The lowest BCUT2D eigenvalue weighted by Crippen LogP contribution is -2.39. The molecule has 2 aromatic heterocycles. The molecule has 0 N–H and O–H groups in total. The van der Waals surface area contributed by atoms with Gasteiger partial charge in [0.25, 0.3) is 5.91 Å². The number of benzene rings is 2. The van der Waals surface area contributed by atoms with Crippen LogP contribution in [0.2, 0.25) is 0 Å². The van der Waals surface area contributed by atoms with Gasteiger partial charge in [0.05, 0.1) is 6.54 Å². The molecule has 4 aromatic rings. The van der Waals surface area contributed by atoms with E-state index in [0.29, 0.717) is 42.5 Å². The number of aromatic nitrogens is 4. The van der Waals surface area contributed by atoms with Crippen molar-refractivity contribution in [3.8, 4) is 11.6 Å². The van der Waals surface area contributed by atoms with Crippen molar-refractivity contribution in [3.05, 3.63) is 102 Å². The Labute approximate surface area is 196 Å². The van der Waals surface area contributed by atoms with Crippen LogP contribution in [-0.4, -0.2) is 43.6 Å². The first-order chi connectivity index (χ1) is 16.7. The van der Waals surface area contributed by atoms with Crippen LogP contribution in [-0.2, 0) is 6.54 Å². The fraction of sp³-hybridized carbons (Fsp3) is 0.231. The number of carbonyl (C=O) groups excluding carboxylic acids is 1. The fourth-order valence-corrected chi connectivity index (χ4v) is 4.30. The molecule has 0 saturated carbocycles. The summed E-state index contributed by atoms with van der Waals surface area (Å²) in [6.45, 7) is 1.74. The van der Waals surface area contributed by atoms with E-state index in [1.807, 2.05) is 46.1 Å². The van der Waals surface area contributed by atoms with Gasteiger partial charge in [0.2, 0.25) is 5.88 Å². The first-order valence-electron chi connectivity index (χ1n) is 11.3. The minimum atomic E-state index is -0.332. The molecule has 0 radical (unpaired) electrons. The molecule has 1 aliphatic heterocycles. The average Bonchev–Trinajstić information content (AvgIpc) is 3.39. The molecule has 0 bridgehead atoms. The van der Waals surface area contributed by atoms with Crippen molar-refractivity contribution in [2.45, 2.75) is 25.3 Å². The summed E-state index contributed by atoms with van der Waals surface area (Å²) in [5.74, 6) is 0.519. The quantitative estimate of drug-likeness (QED) is 0.421.